The number of hydrogen-bond acceptors (Lipinski definition) is 5. The third kappa shape index (κ3) is 3.06. The quantitative estimate of drug-likeness (QED) is 0.792. The summed E-state index contributed by atoms with van der Waals surface area (Å²) in [4.78, 5) is 10.5. The van der Waals surface area contributed by atoms with Gasteiger partial charge in [-0.1, -0.05) is 0 Å². The van der Waals surface area contributed by atoms with E-state index in [4.69, 9.17) is 5.73 Å². The summed E-state index contributed by atoms with van der Waals surface area (Å²) in [6.45, 7) is 5.66. The highest BCUT2D eigenvalue weighted by molar-refractivity contribution is 5.43. The Kier molecular flexibility index (Phi) is 3.56. The molecule has 1 saturated heterocycles. The number of rotatable bonds is 4. The number of aromatic nitrogens is 2. The molecule has 0 amide bonds. The Morgan fingerprint density at radius 3 is 2.88 bits per heavy atom. The fraction of sp³-hybridized carbons (Fsp3) is 0.636. The summed E-state index contributed by atoms with van der Waals surface area (Å²) >= 11 is 0. The molecule has 0 radical (unpaired) electrons. The zero-order valence-corrected chi connectivity index (χ0v) is 9.69. The van der Waals surface area contributed by atoms with E-state index in [1.54, 1.807) is 6.07 Å². The summed E-state index contributed by atoms with van der Waals surface area (Å²) in [7, 11) is 0. The van der Waals surface area contributed by atoms with Crippen molar-refractivity contribution in [3.8, 4) is 0 Å². The standard InChI is InChI=1S/C11H19N5/c1-9(7-16-4-2-3-5-16)15-11-6-10(12)13-8-14-11/h6,8-9H,2-5,7H2,1H3,(H3,12,13,14,15). The van der Waals surface area contributed by atoms with Gasteiger partial charge in [-0.3, -0.25) is 0 Å². The molecule has 5 nitrogen and oxygen atoms in total. The molecule has 88 valence electrons. The maximum atomic E-state index is 5.60. The van der Waals surface area contributed by atoms with Crippen LogP contribution < -0.4 is 11.1 Å². The van der Waals surface area contributed by atoms with Gasteiger partial charge in [0.25, 0.3) is 0 Å². The van der Waals surface area contributed by atoms with Gasteiger partial charge in [0, 0.05) is 18.7 Å². The Morgan fingerprint density at radius 2 is 2.19 bits per heavy atom. The number of nitrogens with two attached hydrogens (primary N) is 1. The highest BCUT2D eigenvalue weighted by Gasteiger charge is 2.14. The van der Waals surface area contributed by atoms with Crippen molar-refractivity contribution < 1.29 is 0 Å². The molecule has 1 atom stereocenters. The summed E-state index contributed by atoms with van der Waals surface area (Å²) in [5.74, 6) is 1.31. The SMILES string of the molecule is CC(CN1CCCC1)Nc1cc(N)ncn1. The second-order valence-corrected chi connectivity index (χ2v) is 4.38. The monoisotopic (exact) mass is 221 g/mol. The molecule has 1 aliphatic heterocycles. The first-order chi connectivity index (χ1) is 7.74. The average Bonchev–Trinajstić information content (AvgIpc) is 2.70. The van der Waals surface area contributed by atoms with Crippen LogP contribution in [0.25, 0.3) is 0 Å². The molecule has 2 rings (SSSR count). The number of nitrogen functional groups attached to an aromatic ring is 1. The molecular formula is C11H19N5. The maximum Gasteiger partial charge on any atom is 0.131 e. The van der Waals surface area contributed by atoms with E-state index in [2.05, 4.69) is 27.1 Å². The van der Waals surface area contributed by atoms with Gasteiger partial charge in [-0.2, -0.15) is 0 Å². The van der Waals surface area contributed by atoms with Gasteiger partial charge in [0.1, 0.15) is 18.0 Å². The van der Waals surface area contributed by atoms with Gasteiger partial charge in [-0.05, 0) is 32.9 Å². The molecule has 1 unspecified atom stereocenters. The first-order valence-corrected chi connectivity index (χ1v) is 5.80. The number of likely N-dealkylation sites (tertiary alicyclic amines) is 1. The van der Waals surface area contributed by atoms with Gasteiger partial charge in [0.15, 0.2) is 0 Å². The lowest BCUT2D eigenvalue weighted by Gasteiger charge is -2.21. The van der Waals surface area contributed by atoms with Crippen molar-refractivity contribution in [2.24, 2.45) is 0 Å². The van der Waals surface area contributed by atoms with E-state index < -0.39 is 0 Å². The molecule has 1 aliphatic rings. The van der Waals surface area contributed by atoms with E-state index in [9.17, 15) is 0 Å². The van der Waals surface area contributed by atoms with Crippen LogP contribution in [0.2, 0.25) is 0 Å². The van der Waals surface area contributed by atoms with Gasteiger partial charge in [0.2, 0.25) is 0 Å². The highest BCUT2D eigenvalue weighted by atomic mass is 15.2. The van der Waals surface area contributed by atoms with Gasteiger partial charge in [-0.15, -0.1) is 0 Å². The smallest absolute Gasteiger partial charge is 0.131 e. The number of anilines is 2. The Bertz CT molecular complexity index is 335. The van der Waals surface area contributed by atoms with E-state index in [1.165, 1.54) is 32.3 Å². The zero-order chi connectivity index (χ0) is 11.4. The minimum atomic E-state index is 0.382. The Hall–Kier alpha value is -1.36. The van der Waals surface area contributed by atoms with E-state index >= 15 is 0 Å². The largest absolute Gasteiger partial charge is 0.384 e. The lowest BCUT2D eigenvalue weighted by molar-refractivity contribution is 0.327. The highest BCUT2D eigenvalue weighted by Crippen LogP contribution is 2.10. The Morgan fingerprint density at radius 1 is 1.44 bits per heavy atom. The molecule has 0 spiro atoms. The normalized spacial score (nSPS) is 18.6. The third-order valence-electron chi connectivity index (χ3n) is 2.81. The predicted molar refractivity (Wildman–Crippen MR) is 65.2 cm³/mol. The van der Waals surface area contributed by atoms with Crippen molar-refractivity contribution in [3.63, 3.8) is 0 Å². The van der Waals surface area contributed by atoms with E-state index in [-0.39, 0.29) is 0 Å². The average molecular weight is 221 g/mol. The maximum absolute atomic E-state index is 5.60. The summed E-state index contributed by atoms with van der Waals surface area (Å²) in [6, 6.07) is 2.15. The molecule has 0 bridgehead atoms. The van der Waals surface area contributed by atoms with Crippen molar-refractivity contribution in [2.75, 3.05) is 30.7 Å². The molecule has 0 aromatic carbocycles. The van der Waals surface area contributed by atoms with Crippen molar-refractivity contribution in [3.05, 3.63) is 12.4 Å². The summed E-state index contributed by atoms with van der Waals surface area (Å²) in [5.41, 5.74) is 5.60. The molecule has 0 saturated carbocycles. The molecule has 0 aliphatic carbocycles. The summed E-state index contributed by atoms with van der Waals surface area (Å²) < 4.78 is 0. The van der Waals surface area contributed by atoms with Gasteiger partial charge in [-0.25, -0.2) is 9.97 Å². The molecule has 3 N–H and O–H groups in total. The van der Waals surface area contributed by atoms with Crippen LogP contribution in [-0.2, 0) is 0 Å². The van der Waals surface area contributed by atoms with Crippen LogP contribution in [0, 0.1) is 0 Å². The fourth-order valence-electron chi connectivity index (χ4n) is 2.10. The first kappa shape index (κ1) is 11.1. The van der Waals surface area contributed by atoms with Crippen LogP contribution in [-0.4, -0.2) is 40.5 Å². The molecule has 16 heavy (non-hydrogen) atoms. The lowest BCUT2D eigenvalue weighted by Crippen LogP contribution is -2.33. The van der Waals surface area contributed by atoms with Crippen LogP contribution in [0.15, 0.2) is 12.4 Å². The predicted octanol–water partition coefficient (Wildman–Crippen LogP) is 0.955. The van der Waals surface area contributed by atoms with E-state index in [0.29, 0.717) is 11.9 Å². The van der Waals surface area contributed by atoms with Crippen molar-refractivity contribution in [2.45, 2.75) is 25.8 Å². The van der Waals surface area contributed by atoms with Gasteiger partial charge >= 0.3 is 0 Å². The van der Waals surface area contributed by atoms with Crippen LogP contribution in [0.4, 0.5) is 11.6 Å². The van der Waals surface area contributed by atoms with Crippen LogP contribution in [0.5, 0.6) is 0 Å². The first-order valence-electron chi connectivity index (χ1n) is 5.80. The fourth-order valence-corrected chi connectivity index (χ4v) is 2.10. The van der Waals surface area contributed by atoms with Crippen LogP contribution in [0.1, 0.15) is 19.8 Å². The summed E-state index contributed by atoms with van der Waals surface area (Å²) in [6.07, 6.45) is 4.14. The molecule has 1 fully saturated rings. The number of nitrogens with one attached hydrogen (secondary N) is 1. The van der Waals surface area contributed by atoms with Gasteiger partial charge in [0.05, 0.1) is 0 Å². The third-order valence-corrected chi connectivity index (χ3v) is 2.81. The van der Waals surface area contributed by atoms with Crippen LogP contribution >= 0.6 is 0 Å². The second-order valence-electron chi connectivity index (χ2n) is 4.38. The molecule has 1 aromatic heterocycles. The minimum Gasteiger partial charge on any atom is -0.384 e. The minimum absolute atomic E-state index is 0.382. The Labute approximate surface area is 96.1 Å². The van der Waals surface area contributed by atoms with E-state index in [0.717, 1.165) is 12.4 Å². The van der Waals surface area contributed by atoms with Crippen molar-refractivity contribution in [1.82, 2.24) is 14.9 Å². The van der Waals surface area contributed by atoms with Gasteiger partial charge < -0.3 is 16.0 Å². The Balaban J connectivity index is 1.84. The topological polar surface area (TPSA) is 67.1 Å². The molecular weight excluding hydrogens is 202 g/mol. The second kappa shape index (κ2) is 5.12. The number of nitrogens with zero attached hydrogens (tertiary/aromatic N) is 3. The van der Waals surface area contributed by atoms with E-state index in [1.807, 2.05) is 0 Å². The summed E-state index contributed by atoms with van der Waals surface area (Å²) in [5, 5.41) is 3.34. The number of hydrogen-bond donors (Lipinski definition) is 2. The lowest BCUT2D eigenvalue weighted by atomic mass is 10.3. The molecule has 1 aromatic rings. The van der Waals surface area contributed by atoms with Crippen molar-refractivity contribution in [1.29, 1.82) is 0 Å². The molecule has 5 heteroatoms. The van der Waals surface area contributed by atoms with Crippen molar-refractivity contribution >= 4 is 11.6 Å². The molecule has 2 heterocycles. The van der Waals surface area contributed by atoms with Crippen LogP contribution in [0.3, 0.4) is 0 Å². The zero-order valence-electron chi connectivity index (χ0n) is 9.69.